The summed E-state index contributed by atoms with van der Waals surface area (Å²) in [5, 5.41) is 11.9. The number of para-hydroxylation sites is 2. The number of nitrogens with one attached hydrogen (secondary N) is 1. The largest absolute Gasteiger partial charge is 0.467 e. The summed E-state index contributed by atoms with van der Waals surface area (Å²) >= 11 is 0. The van der Waals surface area contributed by atoms with Crippen molar-refractivity contribution in [2.75, 3.05) is 23.3 Å². The monoisotopic (exact) mass is 493 g/mol. The van der Waals surface area contributed by atoms with Gasteiger partial charge in [0, 0.05) is 18.4 Å². The summed E-state index contributed by atoms with van der Waals surface area (Å²) in [6.07, 6.45) is 5.22. The van der Waals surface area contributed by atoms with Crippen LogP contribution in [0.25, 0.3) is 5.69 Å². The first-order chi connectivity index (χ1) is 18.1. The van der Waals surface area contributed by atoms with E-state index in [1.807, 2.05) is 61.7 Å². The van der Waals surface area contributed by atoms with E-state index in [0.29, 0.717) is 23.6 Å². The predicted molar refractivity (Wildman–Crippen MR) is 140 cm³/mol. The summed E-state index contributed by atoms with van der Waals surface area (Å²) in [5.41, 5.74) is 3.62. The Labute approximate surface area is 215 Å². The van der Waals surface area contributed by atoms with Gasteiger partial charge in [0.05, 0.1) is 35.0 Å². The second-order valence-corrected chi connectivity index (χ2v) is 8.87. The fourth-order valence-corrected chi connectivity index (χ4v) is 4.65. The van der Waals surface area contributed by atoms with Crippen molar-refractivity contribution in [2.24, 2.45) is 0 Å². The van der Waals surface area contributed by atoms with Crippen molar-refractivity contribution in [3.63, 3.8) is 0 Å². The number of aromatic nitrogens is 1. The highest BCUT2D eigenvalue weighted by Crippen LogP contribution is 2.42. The Morgan fingerprint density at radius 1 is 1.03 bits per heavy atom. The van der Waals surface area contributed by atoms with Crippen LogP contribution < -0.4 is 10.2 Å². The number of urea groups is 1. The molecule has 1 N–H and O–H groups in total. The lowest BCUT2D eigenvalue weighted by atomic mass is 10.0. The van der Waals surface area contributed by atoms with Crippen LogP contribution in [0.5, 0.6) is 0 Å². The highest BCUT2D eigenvalue weighted by atomic mass is 16.3. The van der Waals surface area contributed by atoms with Crippen LogP contribution in [0, 0.1) is 11.3 Å². The lowest BCUT2D eigenvalue weighted by Crippen LogP contribution is -2.47. The quantitative estimate of drug-likeness (QED) is 0.357. The Balaban J connectivity index is 1.46. The van der Waals surface area contributed by atoms with Gasteiger partial charge in [0.2, 0.25) is 5.91 Å². The Hall–Kier alpha value is -4.77. The van der Waals surface area contributed by atoms with Crippen molar-refractivity contribution in [1.29, 1.82) is 5.26 Å². The number of carbonyl (C=O) groups is 2. The molecule has 186 valence electrons. The van der Waals surface area contributed by atoms with Crippen LogP contribution in [0.1, 0.15) is 42.8 Å². The number of hydrogen-bond acceptors (Lipinski definition) is 4. The van der Waals surface area contributed by atoms with Crippen molar-refractivity contribution in [3.05, 3.63) is 102 Å². The van der Waals surface area contributed by atoms with E-state index in [1.54, 1.807) is 40.3 Å². The normalized spacial score (nSPS) is 13.8. The molecule has 1 unspecified atom stereocenters. The molecule has 4 aromatic rings. The topological polar surface area (TPSA) is 94.5 Å². The molecule has 37 heavy (non-hydrogen) atoms. The smallest absolute Gasteiger partial charge is 0.322 e. The van der Waals surface area contributed by atoms with Crippen molar-refractivity contribution in [3.8, 4) is 11.8 Å². The van der Waals surface area contributed by atoms with Gasteiger partial charge < -0.3 is 19.2 Å². The van der Waals surface area contributed by atoms with Crippen LogP contribution in [0.15, 0.2) is 89.7 Å². The minimum atomic E-state index is -0.470. The number of hydrogen-bond donors (Lipinski definition) is 1. The van der Waals surface area contributed by atoms with Gasteiger partial charge in [-0.1, -0.05) is 25.5 Å². The number of anilines is 2. The van der Waals surface area contributed by atoms with E-state index in [0.717, 1.165) is 29.9 Å². The fraction of sp³-hybridized carbons (Fsp3) is 0.207. The first kappa shape index (κ1) is 23.9. The molecule has 1 aliphatic rings. The average Bonchev–Trinajstić information content (AvgIpc) is 3.63. The molecular weight excluding hydrogens is 466 g/mol. The van der Waals surface area contributed by atoms with Crippen molar-refractivity contribution >= 4 is 23.3 Å². The van der Waals surface area contributed by atoms with E-state index in [9.17, 15) is 9.59 Å². The fourth-order valence-electron chi connectivity index (χ4n) is 4.65. The highest BCUT2D eigenvalue weighted by molar-refractivity contribution is 6.01. The van der Waals surface area contributed by atoms with Crippen LogP contribution in [0.4, 0.5) is 16.2 Å². The van der Waals surface area contributed by atoms with E-state index in [4.69, 9.17) is 9.68 Å². The molecule has 8 heteroatoms. The molecule has 0 fully saturated rings. The number of benzene rings is 2. The third-order valence-corrected chi connectivity index (χ3v) is 6.46. The van der Waals surface area contributed by atoms with Crippen molar-refractivity contribution < 1.29 is 14.0 Å². The zero-order chi connectivity index (χ0) is 25.8. The number of carbonyl (C=O) groups excluding carboxylic acids is 2. The summed E-state index contributed by atoms with van der Waals surface area (Å²) in [4.78, 5) is 30.6. The van der Waals surface area contributed by atoms with E-state index >= 15 is 0 Å². The maximum Gasteiger partial charge on any atom is 0.322 e. The number of amides is 3. The molecule has 0 radical (unpaired) electrons. The Bertz CT molecular complexity index is 1430. The third kappa shape index (κ3) is 4.71. The maximum atomic E-state index is 14.0. The Kier molecular flexibility index (Phi) is 6.77. The maximum absolute atomic E-state index is 14.0. The van der Waals surface area contributed by atoms with Crippen LogP contribution >= 0.6 is 0 Å². The second-order valence-electron chi connectivity index (χ2n) is 8.87. The van der Waals surface area contributed by atoms with Gasteiger partial charge in [0.1, 0.15) is 18.3 Å². The number of furan rings is 1. The summed E-state index contributed by atoms with van der Waals surface area (Å²) in [6.45, 7) is 2.37. The predicted octanol–water partition coefficient (Wildman–Crippen LogP) is 5.71. The summed E-state index contributed by atoms with van der Waals surface area (Å²) in [5.74, 6) is 0.428. The molecule has 0 bridgehead atoms. The standard InChI is InChI=1S/C29H27N5O3/c1-2-3-16-32(29(36)31-22-14-12-21(19-30)13-15-22)20-27(35)34-24-9-5-4-8-23(24)33-17-6-10-25(33)28(34)26-11-7-18-37-26/h4-15,17-18,28H,2-3,16,20H2,1H3,(H,31,36). The van der Waals surface area contributed by atoms with Gasteiger partial charge >= 0.3 is 6.03 Å². The SMILES string of the molecule is CCCCN(CC(=O)N1c2ccccc2-n2cccc2C1c1ccco1)C(=O)Nc1ccc(C#N)cc1. The lowest BCUT2D eigenvalue weighted by molar-refractivity contribution is -0.119. The zero-order valence-corrected chi connectivity index (χ0v) is 20.5. The molecule has 1 aliphatic heterocycles. The van der Waals surface area contributed by atoms with Gasteiger partial charge in [-0.05, 0) is 67.1 Å². The van der Waals surface area contributed by atoms with Gasteiger partial charge in [0.25, 0.3) is 0 Å². The molecule has 2 aromatic carbocycles. The van der Waals surface area contributed by atoms with Crippen molar-refractivity contribution in [1.82, 2.24) is 9.47 Å². The minimum absolute atomic E-state index is 0.103. The Morgan fingerprint density at radius 3 is 2.51 bits per heavy atom. The van der Waals surface area contributed by atoms with E-state index < -0.39 is 6.04 Å². The van der Waals surface area contributed by atoms with Crippen LogP contribution in [0.3, 0.4) is 0 Å². The zero-order valence-electron chi connectivity index (χ0n) is 20.5. The molecule has 0 saturated heterocycles. The van der Waals surface area contributed by atoms with Crippen LogP contribution in [-0.4, -0.2) is 34.5 Å². The van der Waals surface area contributed by atoms with Crippen LogP contribution in [0.2, 0.25) is 0 Å². The van der Waals surface area contributed by atoms with Gasteiger partial charge in [-0.15, -0.1) is 0 Å². The first-order valence-corrected chi connectivity index (χ1v) is 12.3. The first-order valence-electron chi connectivity index (χ1n) is 12.3. The van der Waals surface area contributed by atoms with Crippen LogP contribution in [-0.2, 0) is 4.79 Å². The molecule has 8 nitrogen and oxygen atoms in total. The summed E-state index contributed by atoms with van der Waals surface area (Å²) in [6, 6.07) is 23.2. The highest BCUT2D eigenvalue weighted by Gasteiger charge is 2.38. The molecule has 5 rings (SSSR count). The number of rotatable bonds is 7. The molecule has 3 heterocycles. The molecule has 1 atom stereocenters. The molecule has 3 amide bonds. The molecular formula is C29H27N5O3. The second kappa shape index (κ2) is 10.5. The number of nitriles is 1. The molecule has 2 aromatic heterocycles. The van der Waals surface area contributed by atoms with E-state index in [2.05, 4.69) is 16.0 Å². The molecule has 0 aliphatic carbocycles. The van der Waals surface area contributed by atoms with Gasteiger partial charge in [0.15, 0.2) is 0 Å². The van der Waals surface area contributed by atoms with E-state index in [-0.39, 0.29) is 18.5 Å². The summed E-state index contributed by atoms with van der Waals surface area (Å²) in [7, 11) is 0. The summed E-state index contributed by atoms with van der Waals surface area (Å²) < 4.78 is 7.86. The minimum Gasteiger partial charge on any atom is -0.467 e. The van der Waals surface area contributed by atoms with Gasteiger partial charge in [-0.2, -0.15) is 5.26 Å². The van der Waals surface area contributed by atoms with Crippen molar-refractivity contribution in [2.45, 2.75) is 25.8 Å². The number of unbranched alkanes of at least 4 members (excludes halogenated alkanes) is 1. The molecule has 0 saturated carbocycles. The number of fused-ring (bicyclic) bond motifs is 3. The van der Waals surface area contributed by atoms with E-state index in [1.165, 1.54) is 0 Å². The lowest BCUT2D eigenvalue weighted by Gasteiger charge is -2.38. The Morgan fingerprint density at radius 2 is 1.81 bits per heavy atom. The molecule has 0 spiro atoms. The number of nitrogens with zero attached hydrogens (tertiary/aromatic N) is 4. The van der Waals surface area contributed by atoms with Gasteiger partial charge in [-0.25, -0.2) is 4.79 Å². The average molecular weight is 494 g/mol. The van der Waals surface area contributed by atoms with Gasteiger partial charge in [-0.3, -0.25) is 9.69 Å². The third-order valence-electron chi connectivity index (χ3n) is 6.46.